The molecule has 10 atom stereocenters. The summed E-state index contributed by atoms with van der Waals surface area (Å²) in [6.45, 7) is -1.36. The molecule has 4 aromatic rings. The van der Waals surface area contributed by atoms with Gasteiger partial charge in [0.2, 0.25) is 27.0 Å². The van der Waals surface area contributed by atoms with Crippen molar-refractivity contribution in [2.45, 2.75) is 49.1 Å². The van der Waals surface area contributed by atoms with Crippen molar-refractivity contribution in [2.75, 3.05) is 31.3 Å². The van der Waals surface area contributed by atoms with E-state index in [4.69, 9.17) is 48.4 Å². The molecule has 22 nitrogen and oxygen atoms in total. The average molecular weight is 692 g/mol. The Balaban J connectivity index is 1.17. The SMILES string of the molecule is [B]P1(=O)OCC2OC(n3cnc4c(=O)[nH]c(NC)nc43)C(O)C2OP([B])(=O)OCC2OC(n3cnc4c(=O)[nH]c(N)nc43)C(O)C2O1. The van der Waals surface area contributed by atoms with Crippen molar-refractivity contribution in [1.82, 2.24) is 39.0 Å². The first-order valence-electron chi connectivity index (χ1n) is 13.7. The second-order valence-corrected chi connectivity index (χ2v) is 13.8. The van der Waals surface area contributed by atoms with E-state index in [1.165, 1.54) is 22.5 Å². The lowest BCUT2D eigenvalue weighted by molar-refractivity contribution is -0.0564. The topological polar surface area (TPSA) is 295 Å². The molecule has 3 fully saturated rings. The predicted octanol–water partition coefficient (Wildman–Crippen LogP) is -2.24. The number of aliphatic hydroxyl groups excluding tert-OH is 2. The van der Waals surface area contributed by atoms with Crippen molar-refractivity contribution in [3.05, 3.63) is 33.4 Å². The van der Waals surface area contributed by atoms with Crippen LogP contribution in [-0.4, -0.2) is 121 Å². The molecule has 47 heavy (non-hydrogen) atoms. The lowest BCUT2D eigenvalue weighted by atomic mass is 10.1. The summed E-state index contributed by atoms with van der Waals surface area (Å²) in [4.78, 5) is 45.8. The van der Waals surface area contributed by atoms with E-state index in [1.807, 2.05) is 0 Å². The molecule has 10 unspecified atom stereocenters. The van der Waals surface area contributed by atoms with Crippen LogP contribution in [0.4, 0.5) is 11.9 Å². The minimum absolute atomic E-state index is 0.0158. The number of aromatic amines is 2. The zero-order valence-electron chi connectivity index (χ0n) is 24.0. The number of imidazole rings is 2. The van der Waals surface area contributed by atoms with E-state index in [2.05, 4.69) is 35.2 Å². The predicted molar refractivity (Wildman–Crippen MR) is 158 cm³/mol. The highest BCUT2D eigenvalue weighted by Crippen LogP contribution is 2.53. The molecular weight excluding hydrogens is 668 g/mol. The molecule has 3 saturated heterocycles. The van der Waals surface area contributed by atoms with Gasteiger partial charge in [0.05, 0.1) is 25.9 Å². The van der Waals surface area contributed by atoms with Crippen molar-refractivity contribution >= 4 is 64.3 Å². The minimum Gasteiger partial charge on any atom is -0.386 e. The van der Waals surface area contributed by atoms with Crippen LogP contribution >= 0.6 is 14.9 Å². The average Bonchev–Trinajstić information content (AvgIpc) is 3.76. The van der Waals surface area contributed by atoms with Crippen molar-refractivity contribution in [3.8, 4) is 0 Å². The maximum atomic E-state index is 13.4. The third kappa shape index (κ3) is 5.73. The van der Waals surface area contributed by atoms with E-state index in [-0.39, 0.29) is 34.2 Å². The number of ether oxygens (including phenoxy) is 2. The van der Waals surface area contributed by atoms with Crippen molar-refractivity contribution in [3.63, 3.8) is 0 Å². The van der Waals surface area contributed by atoms with Gasteiger partial charge in [0.1, 0.15) is 36.6 Å². The highest BCUT2D eigenvalue weighted by Gasteiger charge is 2.52. The molecule has 0 aromatic carbocycles. The van der Waals surface area contributed by atoms with Crippen LogP contribution in [0.3, 0.4) is 0 Å². The van der Waals surface area contributed by atoms with E-state index in [1.54, 1.807) is 0 Å². The summed E-state index contributed by atoms with van der Waals surface area (Å²) in [6, 6.07) is 0. The zero-order valence-corrected chi connectivity index (χ0v) is 25.8. The van der Waals surface area contributed by atoms with E-state index in [0.29, 0.717) is 0 Å². The van der Waals surface area contributed by atoms with Crippen LogP contribution in [0.1, 0.15) is 12.5 Å². The number of rotatable bonds is 3. The second kappa shape index (κ2) is 11.6. The molecule has 0 spiro atoms. The van der Waals surface area contributed by atoms with Crippen LogP contribution < -0.4 is 22.2 Å². The molecular formula is C21H24B2N10O12P2. The maximum absolute atomic E-state index is 13.4. The van der Waals surface area contributed by atoms with Crippen LogP contribution in [0.15, 0.2) is 22.2 Å². The number of hydrogen-bond acceptors (Lipinski definition) is 18. The van der Waals surface area contributed by atoms with Crippen LogP contribution in [-0.2, 0) is 36.7 Å². The van der Waals surface area contributed by atoms with Crippen LogP contribution in [0, 0.1) is 0 Å². The van der Waals surface area contributed by atoms with Gasteiger partial charge >= 0.3 is 0 Å². The minimum atomic E-state index is -4.56. The number of H-pyrrole nitrogens is 2. The number of nitrogen functional groups attached to an aromatic ring is 1. The van der Waals surface area contributed by atoms with Gasteiger partial charge < -0.3 is 48.8 Å². The number of anilines is 2. The first-order chi connectivity index (χ1) is 22.2. The Hall–Kier alpha value is -3.43. The maximum Gasteiger partial charge on any atom is 0.280 e. The number of aliphatic hydroxyl groups is 2. The molecule has 7 rings (SSSR count). The van der Waals surface area contributed by atoms with Gasteiger partial charge in [-0.2, -0.15) is 9.97 Å². The van der Waals surface area contributed by atoms with E-state index in [0.717, 1.165) is 6.33 Å². The largest absolute Gasteiger partial charge is 0.386 e. The summed E-state index contributed by atoms with van der Waals surface area (Å²) in [7, 11) is 4.19. The molecule has 0 amide bonds. The normalized spacial score (nSPS) is 36.5. The summed E-state index contributed by atoms with van der Waals surface area (Å²) >= 11 is 0. The molecule has 3 aliphatic rings. The molecule has 0 aliphatic carbocycles. The number of fused-ring (bicyclic) bond motifs is 4. The fraction of sp³-hybridized carbons (Fsp3) is 0.524. The fourth-order valence-electron chi connectivity index (χ4n) is 5.54. The Morgan fingerprint density at radius 3 is 1.83 bits per heavy atom. The van der Waals surface area contributed by atoms with Gasteiger partial charge in [-0.25, -0.2) is 9.97 Å². The zero-order chi connectivity index (χ0) is 33.4. The Labute approximate surface area is 264 Å². The third-order valence-electron chi connectivity index (χ3n) is 7.66. The molecule has 246 valence electrons. The van der Waals surface area contributed by atoms with Crippen molar-refractivity contribution < 1.29 is 46.9 Å². The summed E-state index contributed by atoms with van der Waals surface area (Å²) in [5.41, 5.74) is 4.19. The van der Waals surface area contributed by atoms with Gasteiger partial charge in [-0.3, -0.25) is 37.8 Å². The summed E-state index contributed by atoms with van der Waals surface area (Å²) in [6.07, 6.45) is -9.51. The summed E-state index contributed by atoms with van der Waals surface area (Å²) in [5, 5.41) is 25.2. The summed E-state index contributed by atoms with van der Waals surface area (Å²) < 4.78 is 62.8. The molecule has 0 bridgehead atoms. The lowest BCUT2D eigenvalue weighted by Gasteiger charge is -2.30. The molecule has 26 heteroatoms. The van der Waals surface area contributed by atoms with Gasteiger partial charge in [-0.05, 0) is 0 Å². The quantitative estimate of drug-likeness (QED) is 0.0977. The van der Waals surface area contributed by atoms with E-state index in [9.17, 15) is 28.9 Å². The Morgan fingerprint density at radius 2 is 1.34 bits per heavy atom. The van der Waals surface area contributed by atoms with Crippen LogP contribution in [0.2, 0.25) is 0 Å². The van der Waals surface area contributed by atoms with E-state index >= 15 is 0 Å². The molecule has 4 radical (unpaired) electrons. The number of nitrogens with zero attached hydrogens (tertiary/aromatic N) is 6. The number of nitrogens with one attached hydrogen (secondary N) is 3. The molecule has 0 saturated carbocycles. The van der Waals surface area contributed by atoms with Crippen molar-refractivity contribution in [1.29, 1.82) is 0 Å². The molecule has 7 heterocycles. The molecule has 4 aromatic heterocycles. The third-order valence-corrected chi connectivity index (χ3v) is 9.75. The number of nitrogens with two attached hydrogens (primary N) is 1. The Morgan fingerprint density at radius 1 is 0.872 bits per heavy atom. The van der Waals surface area contributed by atoms with Crippen molar-refractivity contribution in [2.24, 2.45) is 0 Å². The van der Waals surface area contributed by atoms with Gasteiger partial charge in [0, 0.05) is 7.05 Å². The van der Waals surface area contributed by atoms with Gasteiger partial charge in [0.25, 0.3) is 26.1 Å². The smallest absolute Gasteiger partial charge is 0.280 e. The Kier molecular flexibility index (Phi) is 7.94. The first-order valence-corrected chi connectivity index (χ1v) is 16.9. The van der Waals surface area contributed by atoms with E-state index < -0.39 is 88.4 Å². The molecule has 3 aliphatic heterocycles. The first kappa shape index (κ1) is 32.1. The monoisotopic (exact) mass is 692 g/mol. The van der Waals surface area contributed by atoms with Gasteiger partial charge in [0.15, 0.2) is 34.8 Å². The number of hydrogen-bond donors (Lipinski definition) is 6. The van der Waals surface area contributed by atoms with Gasteiger partial charge in [-0.15, -0.1) is 0 Å². The van der Waals surface area contributed by atoms with Crippen LogP contribution in [0.5, 0.6) is 0 Å². The highest BCUT2D eigenvalue weighted by atomic mass is 31.2. The standard InChI is InChI=1S/C21H24B2N10O12P2/c1-25-21-29-15-9(17(37)31-21)27-5-33(15)19-11(35)13-7(43-19)3-41-46(22,38)44-12-6(2-40-47(23,39)45-13)42-18(10(12)34)32-4-26-8-14(32)28-20(24)30-16(8)36/h4-7,10-13,18-19,34-35H,2-3H2,1H3,(H3,24,28,30,36)(H2,25,29,31,37). The highest BCUT2D eigenvalue weighted by molar-refractivity contribution is 7.79. The molecule has 7 N–H and O–H groups in total. The fourth-order valence-corrected chi connectivity index (χ4v) is 7.57. The Bertz CT molecular complexity index is 2070. The lowest BCUT2D eigenvalue weighted by Crippen LogP contribution is -2.39. The second-order valence-electron chi connectivity index (χ2n) is 10.7. The number of aromatic nitrogens is 8. The van der Waals surface area contributed by atoms with Crippen LogP contribution in [0.25, 0.3) is 22.3 Å². The van der Waals surface area contributed by atoms with Gasteiger partial charge in [-0.1, -0.05) is 0 Å². The summed E-state index contributed by atoms with van der Waals surface area (Å²) in [5.74, 6) is -0.147.